The van der Waals surface area contributed by atoms with Crippen LogP contribution < -0.4 is 11.1 Å². The van der Waals surface area contributed by atoms with Crippen LogP contribution in [0.4, 0.5) is 11.4 Å². The van der Waals surface area contributed by atoms with Gasteiger partial charge in [-0.15, -0.1) is 0 Å². The molecule has 3 N–H and O–H groups in total. The summed E-state index contributed by atoms with van der Waals surface area (Å²) in [5, 5.41) is 2.77. The van der Waals surface area contributed by atoms with Gasteiger partial charge in [-0.1, -0.05) is 6.07 Å². The van der Waals surface area contributed by atoms with Crippen LogP contribution in [0.15, 0.2) is 30.7 Å². The first-order chi connectivity index (χ1) is 8.59. The summed E-state index contributed by atoms with van der Waals surface area (Å²) in [4.78, 5) is 19.8. The zero-order valence-electron chi connectivity index (χ0n) is 10.3. The fourth-order valence-electron chi connectivity index (χ4n) is 1.60. The van der Waals surface area contributed by atoms with Gasteiger partial charge >= 0.3 is 0 Å². The molecule has 0 aliphatic carbocycles. The molecule has 0 aliphatic heterocycles. The third kappa shape index (κ3) is 2.29. The summed E-state index contributed by atoms with van der Waals surface area (Å²) in [6.45, 7) is 3.88. The summed E-state index contributed by atoms with van der Waals surface area (Å²) in [5.41, 5.74) is 9.31. The van der Waals surface area contributed by atoms with E-state index in [0.717, 1.165) is 11.1 Å². The molecule has 0 atom stereocenters. The lowest BCUT2D eigenvalue weighted by Crippen LogP contribution is -2.16. The number of nitrogens with one attached hydrogen (secondary N) is 1. The summed E-state index contributed by atoms with van der Waals surface area (Å²) in [7, 11) is 0. The number of aromatic nitrogens is 2. The Morgan fingerprint density at radius 3 is 2.72 bits per heavy atom. The third-order valence-electron chi connectivity index (χ3n) is 2.80. The van der Waals surface area contributed by atoms with Gasteiger partial charge in [0.1, 0.15) is 5.69 Å². The number of aryl methyl sites for hydroxylation is 1. The number of anilines is 2. The second-order valence-electron chi connectivity index (χ2n) is 4.02. The van der Waals surface area contributed by atoms with Crippen molar-refractivity contribution in [2.45, 2.75) is 13.8 Å². The molecule has 5 nitrogen and oxygen atoms in total. The number of amides is 1. The van der Waals surface area contributed by atoms with Crippen LogP contribution in [-0.2, 0) is 0 Å². The maximum Gasteiger partial charge on any atom is 0.275 e. The van der Waals surface area contributed by atoms with Crippen molar-refractivity contribution < 1.29 is 4.79 Å². The van der Waals surface area contributed by atoms with Gasteiger partial charge < -0.3 is 11.1 Å². The molecule has 0 fully saturated rings. The maximum atomic E-state index is 12.0. The van der Waals surface area contributed by atoms with Crippen LogP contribution in [-0.4, -0.2) is 15.9 Å². The number of hydrogen-bond acceptors (Lipinski definition) is 4. The van der Waals surface area contributed by atoms with Crippen LogP contribution in [0.5, 0.6) is 0 Å². The Hall–Kier alpha value is -2.43. The standard InChI is InChI=1S/C13H14N4O/c1-8-3-4-10(14)12(9(8)2)17-13(18)11-7-15-5-6-16-11/h3-7H,14H2,1-2H3,(H,17,18). The van der Waals surface area contributed by atoms with Gasteiger partial charge in [0.25, 0.3) is 5.91 Å². The highest BCUT2D eigenvalue weighted by atomic mass is 16.1. The first-order valence-electron chi connectivity index (χ1n) is 5.52. The molecule has 5 heteroatoms. The molecule has 18 heavy (non-hydrogen) atoms. The van der Waals surface area contributed by atoms with Crippen molar-refractivity contribution in [1.82, 2.24) is 9.97 Å². The molecule has 0 radical (unpaired) electrons. The van der Waals surface area contributed by atoms with E-state index in [1.807, 2.05) is 19.9 Å². The molecule has 92 valence electrons. The van der Waals surface area contributed by atoms with Crippen molar-refractivity contribution in [3.8, 4) is 0 Å². The van der Waals surface area contributed by atoms with Crippen LogP contribution in [0.3, 0.4) is 0 Å². The van der Waals surface area contributed by atoms with Crippen LogP contribution in [0.1, 0.15) is 21.6 Å². The van der Waals surface area contributed by atoms with Crippen molar-refractivity contribution in [1.29, 1.82) is 0 Å². The molecule has 2 rings (SSSR count). The number of nitrogens with zero attached hydrogens (tertiary/aromatic N) is 2. The highest BCUT2D eigenvalue weighted by Crippen LogP contribution is 2.26. The van der Waals surface area contributed by atoms with Gasteiger partial charge in [0.05, 0.1) is 17.6 Å². The average Bonchev–Trinajstić information content (AvgIpc) is 2.40. The predicted molar refractivity (Wildman–Crippen MR) is 70.3 cm³/mol. The van der Waals surface area contributed by atoms with E-state index >= 15 is 0 Å². The Morgan fingerprint density at radius 2 is 2.06 bits per heavy atom. The summed E-state index contributed by atoms with van der Waals surface area (Å²) in [6.07, 6.45) is 4.40. The fraction of sp³-hybridized carbons (Fsp3) is 0.154. The Bertz CT molecular complexity index is 581. The zero-order valence-corrected chi connectivity index (χ0v) is 10.3. The predicted octanol–water partition coefficient (Wildman–Crippen LogP) is 1.93. The second kappa shape index (κ2) is 4.83. The second-order valence-corrected chi connectivity index (χ2v) is 4.02. The summed E-state index contributed by atoms with van der Waals surface area (Å²) in [6, 6.07) is 3.69. The van der Waals surface area contributed by atoms with Crippen LogP contribution >= 0.6 is 0 Å². The quantitative estimate of drug-likeness (QED) is 0.788. The van der Waals surface area contributed by atoms with E-state index in [1.165, 1.54) is 18.6 Å². The number of carbonyl (C=O) groups excluding carboxylic acids is 1. The minimum absolute atomic E-state index is 0.262. The first-order valence-corrected chi connectivity index (χ1v) is 5.52. The lowest BCUT2D eigenvalue weighted by Gasteiger charge is -2.12. The lowest BCUT2D eigenvalue weighted by molar-refractivity contribution is 0.102. The Morgan fingerprint density at radius 1 is 1.28 bits per heavy atom. The fourth-order valence-corrected chi connectivity index (χ4v) is 1.60. The van der Waals surface area contributed by atoms with Crippen molar-refractivity contribution in [2.24, 2.45) is 0 Å². The molecule has 1 amide bonds. The molecule has 2 aromatic rings. The molecule has 0 spiro atoms. The number of hydrogen-bond donors (Lipinski definition) is 2. The van der Waals surface area contributed by atoms with E-state index in [4.69, 9.17) is 5.73 Å². The minimum Gasteiger partial charge on any atom is -0.397 e. The molecule has 0 aliphatic rings. The number of rotatable bonds is 2. The summed E-state index contributed by atoms with van der Waals surface area (Å²) < 4.78 is 0. The minimum atomic E-state index is -0.316. The van der Waals surface area contributed by atoms with Crippen molar-refractivity contribution in [3.05, 3.63) is 47.5 Å². The molecule has 0 unspecified atom stereocenters. The van der Waals surface area contributed by atoms with Crippen molar-refractivity contribution >= 4 is 17.3 Å². The van der Waals surface area contributed by atoms with E-state index in [0.29, 0.717) is 11.4 Å². The molecule has 1 heterocycles. The molecule has 0 saturated carbocycles. The molecule has 0 saturated heterocycles. The van der Waals surface area contributed by atoms with Gasteiger partial charge in [-0.3, -0.25) is 9.78 Å². The van der Waals surface area contributed by atoms with Gasteiger partial charge in [0.2, 0.25) is 0 Å². The Kier molecular flexibility index (Phi) is 3.23. The van der Waals surface area contributed by atoms with Crippen molar-refractivity contribution in [3.63, 3.8) is 0 Å². The average molecular weight is 242 g/mol. The summed E-state index contributed by atoms with van der Waals surface area (Å²) >= 11 is 0. The van der Waals surface area contributed by atoms with E-state index in [1.54, 1.807) is 6.07 Å². The van der Waals surface area contributed by atoms with E-state index in [9.17, 15) is 4.79 Å². The van der Waals surface area contributed by atoms with Gasteiger partial charge in [-0.2, -0.15) is 0 Å². The van der Waals surface area contributed by atoms with E-state index in [2.05, 4.69) is 15.3 Å². The number of benzene rings is 1. The molecular formula is C13H14N4O. The smallest absolute Gasteiger partial charge is 0.275 e. The maximum absolute atomic E-state index is 12.0. The van der Waals surface area contributed by atoms with Gasteiger partial charge in [-0.05, 0) is 31.0 Å². The van der Waals surface area contributed by atoms with Crippen molar-refractivity contribution in [2.75, 3.05) is 11.1 Å². The van der Waals surface area contributed by atoms with Crippen LogP contribution in [0, 0.1) is 13.8 Å². The lowest BCUT2D eigenvalue weighted by atomic mass is 10.1. The SMILES string of the molecule is Cc1ccc(N)c(NC(=O)c2cnccn2)c1C. The largest absolute Gasteiger partial charge is 0.397 e. The van der Waals surface area contributed by atoms with Gasteiger partial charge in [-0.25, -0.2) is 4.98 Å². The van der Waals surface area contributed by atoms with Crippen LogP contribution in [0.25, 0.3) is 0 Å². The third-order valence-corrected chi connectivity index (χ3v) is 2.80. The topological polar surface area (TPSA) is 80.9 Å². The molecule has 0 bridgehead atoms. The Labute approximate surface area is 105 Å². The van der Waals surface area contributed by atoms with Gasteiger partial charge in [0.15, 0.2) is 0 Å². The molecule has 1 aromatic carbocycles. The monoisotopic (exact) mass is 242 g/mol. The zero-order chi connectivity index (χ0) is 13.1. The van der Waals surface area contributed by atoms with Crippen LogP contribution in [0.2, 0.25) is 0 Å². The summed E-state index contributed by atoms with van der Waals surface area (Å²) in [5.74, 6) is -0.316. The highest BCUT2D eigenvalue weighted by Gasteiger charge is 2.12. The van der Waals surface area contributed by atoms with E-state index in [-0.39, 0.29) is 11.6 Å². The first kappa shape index (κ1) is 12.0. The number of nitrogens with two attached hydrogens (primary N) is 1. The van der Waals surface area contributed by atoms with Gasteiger partial charge in [0, 0.05) is 12.4 Å². The molecular weight excluding hydrogens is 228 g/mol. The Balaban J connectivity index is 2.30. The molecule has 1 aromatic heterocycles. The van der Waals surface area contributed by atoms with E-state index < -0.39 is 0 Å². The number of nitrogen functional groups attached to an aromatic ring is 1. The normalized spacial score (nSPS) is 10.1. The highest BCUT2D eigenvalue weighted by molar-refractivity contribution is 6.04. The number of carbonyl (C=O) groups is 1.